The summed E-state index contributed by atoms with van der Waals surface area (Å²) in [5.41, 5.74) is 2.39. The highest BCUT2D eigenvalue weighted by atomic mass is 35.5. The van der Waals surface area contributed by atoms with Gasteiger partial charge in [0.2, 0.25) is 0 Å². The lowest BCUT2D eigenvalue weighted by molar-refractivity contribution is 0.630. The lowest BCUT2D eigenvalue weighted by atomic mass is 10.2. The maximum Gasteiger partial charge on any atom is 0.164 e. The van der Waals surface area contributed by atoms with Gasteiger partial charge in [0.15, 0.2) is 5.82 Å². The minimum absolute atomic E-state index is 0.116. The van der Waals surface area contributed by atoms with Crippen molar-refractivity contribution in [3.05, 3.63) is 65.2 Å². The molecule has 3 nitrogen and oxygen atoms in total. The van der Waals surface area contributed by atoms with Gasteiger partial charge in [-0.3, -0.25) is 0 Å². The number of nitrogens with zero attached hydrogens (tertiary/aromatic N) is 2. The van der Waals surface area contributed by atoms with Crippen LogP contribution in [0.25, 0.3) is 5.52 Å². The van der Waals surface area contributed by atoms with E-state index in [1.165, 1.54) is 6.07 Å². The number of nitrogens with one attached hydrogen (secondary N) is 1. The van der Waals surface area contributed by atoms with Gasteiger partial charge in [-0.1, -0.05) is 23.7 Å². The Balaban J connectivity index is 1.84. The number of hydrogen-bond acceptors (Lipinski definition) is 2. The zero-order valence-corrected chi connectivity index (χ0v) is 10.7. The van der Waals surface area contributed by atoms with E-state index in [1.54, 1.807) is 22.8 Å². The fourth-order valence-electron chi connectivity index (χ4n) is 1.95. The third kappa shape index (κ3) is 2.27. The van der Waals surface area contributed by atoms with Crippen LogP contribution in [0.5, 0.6) is 0 Å². The van der Waals surface area contributed by atoms with Crippen molar-refractivity contribution in [2.45, 2.75) is 6.54 Å². The van der Waals surface area contributed by atoms with Crippen LogP contribution in [-0.2, 0) is 6.54 Å². The monoisotopic (exact) mass is 275 g/mol. The molecule has 1 N–H and O–H groups in total. The standard InChI is InChI=1S/C14H11ClFN3/c15-11-4-3-5-12(14(11)16)17-8-10-9-18-19-7-2-1-6-13(10)19/h1-7,9,17H,8H2. The molecule has 0 saturated carbocycles. The van der Waals surface area contributed by atoms with Gasteiger partial charge in [-0.25, -0.2) is 8.91 Å². The van der Waals surface area contributed by atoms with Crippen LogP contribution in [0, 0.1) is 5.82 Å². The number of hydrogen-bond donors (Lipinski definition) is 1. The third-order valence-electron chi connectivity index (χ3n) is 2.93. The summed E-state index contributed by atoms with van der Waals surface area (Å²) in [6.07, 6.45) is 3.64. The predicted molar refractivity (Wildman–Crippen MR) is 73.9 cm³/mol. The van der Waals surface area contributed by atoms with Crippen LogP contribution in [0.1, 0.15) is 5.56 Å². The summed E-state index contributed by atoms with van der Waals surface area (Å²) in [4.78, 5) is 0. The number of rotatable bonds is 3. The van der Waals surface area contributed by atoms with E-state index in [4.69, 9.17) is 11.6 Å². The van der Waals surface area contributed by atoms with Crippen LogP contribution in [0.4, 0.5) is 10.1 Å². The summed E-state index contributed by atoms with van der Waals surface area (Å²) >= 11 is 5.74. The fourth-order valence-corrected chi connectivity index (χ4v) is 2.13. The van der Waals surface area contributed by atoms with Crippen molar-refractivity contribution < 1.29 is 4.39 Å². The summed E-state index contributed by atoms with van der Waals surface area (Å²) in [5, 5.41) is 7.38. The molecule has 0 saturated heterocycles. The minimum atomic E-state index is -0.430. The van der Waals surface area contributed by atoms with E-state index in [1.807, 2.05) is 24.4 Å². The number of fused-ring (bicyclic) bond motifs is 1. The van der Waals surface area contributed by atoms with E-state index >= 15 is 0 Å². The first-order valence-corrected chi connectivity index (χ1v) is 6.22. The quantitative estimate of drug-likeness (QED) is 0.789. The molecule has 0 atom stereocenters. The largest absolute Gasteiger partial charge is 0.378 e. The number of halogens is 2. The highest BCUT2D eigenvalue weighted by molar-refractivity contribution is 6.31. The zero-order valence-electron chi connectivity index (χ0n) is 9.98. The summed E-state index contributed by atoms with van der Waals surface area (Å²) < 4.78 is 15.5. The molecule has 0 aliphatic heterocycles. The SMILES string of the molecule is Fc1c(Cl)cccc1NCc1cnn2ccccc12. The van der Waals surface area contributed by atoms with Gasteiger partial charge in [0, 0.05) is 18.3 Å². The highest BCUT2D eigenvalue weighted by Crippen LogP contribution is 2.23. The van der Waals surface area contributed by atoms with Crippen LogP contribution < -0.4 is 5.32 Å². The molecule has 1 aromatic carbocycles. The Morgan fingerprint density at radius 2 is 2.11 bits per heavy atom. The fraction of sp³-hybridized carbons (Fsp3) is 0.0714. The van der Waals surface area contributed by atoms with Gasteiger partial charge < -0.3 is 5.32 Å². The molecule has 3 aromatic rings. The predicted octanol–water partition coefficient (Wildman–Crippen LogP) is 3.74. The van der Waals surface area contributed by atoms with Crippen LogP contribution >= 0.6 is 11.6 Å². The van der Waals surface area contributed by atoms with Gasteiger partial charge >= 0.3 is 0 Å². The molecule has 0 spiro atoms. The highest BCUT2D eigenvalue weighted by Gasteiger charge is 2.07. The van der Waals surface area contributed by atoms with Crippen molar-refractivity contribution in [3.8, 4) is 0 Å². The Morgan fingerprint density at radius 1 is 1.21 bits per heavy atom. The van der Waals surface area contributed by atoms with Gasteiger partial charge in [-0.05, 0) is 24.3 Å². The van der Waals surface area contributed by atoms with Crippen molar-refractivity contribution >= 4 is 22.8 Å². The number of benzene rings is 1. The second-order valence-electron chi connectivity index (χ2n) is 4.16. The Morgan fingerprint density at radius 3 is 3.00 bits per heavy atom. The molecule has 0 aliphatic rings. The smallest absolute Gasteiger partial charge is 0.164 e. The number of pyridine rings is 1. The van der Waals surface area contributed by atoms with Gasteiger partial charge in [-0.2, -0.15) is 5.10 Å². The van der Waals surface area contributed by atoms with E-state index in [0.717, 1.165) is 11.1 Å². The van der Waals surface area contributed by atoms with E-state index in [9.17, 15) is 4.39 Å². The molecule has 0 unspecified atom stereocenters. The van der Waals surface area contributed by atoms with Gasteiger partial charge in [-0.15, -0.1) is 0 Å². The summed E-state index contributed by atoms with van der Waals surface area (Å²) in [7, 11) is 0. The van der Waals surface area contributed by atoms with Crippen LogP contribution in [0.2, 0.25) is 5.02 Å². The molecule has 0 amide bonds. The van der Waals surface area contributed by atoms with Crippen LogP contribution in [0.15, 0.2) is 48.8 Å². The Bertz CT molecular complexity index is 724. The average molecular weight is 276 g/mol. The molecule has 5 heteroatoms. The summed E-state index contributed by atoms with van der Waals surface area (Å²) in [5.74, 6) is -0.430. The molecule has 0 aliphatic carbocycles. The van der Waals surface area contributed by atoms with Crippen LogP contribution in [-0.4, -0.2) is 9.61 Å². The van der Waals surface area contributed by atoms with E-state index < -0.39 is 5.82 Å². The molecule has 0 fully saturated rings. The van der Waals surface area contributed by atoms with E-state index in [-0.39, 0.29) is 5.02 Å². The van der Waals surface area contributed by atoms with Gasteiger partial charge in [0.25, 0.3) is 0 Å². The Hall–Kier alpha value is -2.07. The maximum absolute atomic E-state index is 13.7. The lowest BCUT2D eigenvalue weighted by Crippen LogP contribution is -2.01. The second-order valence-corrected chi connectivity index (χ2v) is 4.56. The number of aromatic nitrogens is 2. The molecule has 3 rings (SSSR count). The normalized spacial score (nSPS) is 10.8. The molecule has 19 heavy (non-hydrogen) atoms. The lowest BCUT2D eigenvalue weighted by Gasteiger charge is -2.07. The first-order valence-electron chi connectivity index (χ1n) is 5.85. The van der Waals surface area contributed by atoms with Gasteiger partial charge in [0.1, 0.15) is 0 Å². The van der Waals surface area contributed by atoms with Crippen molar-refractivity contribution in [1.29, 1.82) is 0 Å². The molecular formula is C14H11ClFN3. The molecule has 2 aromatic heterocycles. The van der Waals surface area contributed by atoms with Crippen molar-refractivity contribution in [2.24, 2.45) is 0 Å². The van der Waals surface area contributed by atoms with Crippen molar-refractivity contribution in [2.75, 3.05) is 5.32 Å². The second kappa shape index (κ2) is 4.90. The topological polar surface area (TPSA) is 29.3 Å². The third-order valence-corrected chi connectivity index (χ3v) is 3.22. The van der Waals surface area contributed by atoms with Crippen LogP contribution in [0.3, 0.4) is 0 Å². The van der Waals surface area contributed by atoms with Crippen molar-refractivity contribution in [3.63, 3.8) is 0 Å². The average Bonchev–Trinajstić information content (AvgIpc) is 2.84. The number of anilines is 1. The molecule has 0 bridgehead atoms. The molecule has 96 valence electrons. The molecule has 0 radical (unpaired) electrons. The molecule has 2 heterocycles. The Labute approximate surface area is 114 Å². The van der Waals surface area contributed by atoms with Crippen molar-refractivity contribution in [1.82, 2.24) is 9.61 Å². The first kappa shape index (κ1) is 12.0. The van der Waals surface area contributed by atoms with E-state index in [0.29, 0.717) is 12.2 Å². The van der Waals surface area contributed by atoms with Gasteiger partial charge in [0.05, 0.1) is 22.4 Å². The molecular weight excluding hydrogens is 265 g/mol. The zero-order chi connectivity index (χ0) is 13.2. The minimum Gasteiger partial charge on any atom is -0.378 e. The maximum atomic E-state index is 13.7. The Kier molecular flexibility index (Phi) is 3.09. The summed E-state index contributed by atoms with van der Waals surface area (Å²) in [6, 6.07) is 10.7. The first-order chi connectivity index (χ1) is 9.25. The van der Waals surface area contributed by atoms with E-state index in [2.05, 4.69) is 10.4 Å². The summed E-state index contributed by atoms with van der Waals surface area (Å²) in [6.45, 7) is 0.491.